The van der Waals surface area contributed by atoms with Crippen LogP contribution >= 0.6 is 0 Å². The number of nitrogens with zero attached hydrogens (tertiary/aromatic N) is 2. The van der Waals surface area contributed by atoms with E-state index in [2.05, 4.69) is 15.3 Å². The number of ether oxygens (including phenoxy) is 4. The van der Waals surface area contributed by atoms with Crippen LogP contribution < -0.4 is 19.5 Å². The van der Waals surface area contributed by atoms with Gasteiger partial charge in [0.2, 0.25) is 11.8 Å². The summed E-state index contributed by atoms with van der Waals surface area (Å²) in [6, 6.07) is 13.0. The van der Waals surface area contributed by atoms with Crippen molar-refractivity contribution in [3.63, 3.8) is 0 Å². The number of pyridine rings is 2. The van der Waals surface area contributed by atoms with Crippen molar-refractivity contribution in [2.75, 3.05) is 26.9 Å². The van der Waals surface area contributed by atoms with E-state index in [1.54, 1.807) is 31.6 Å². The molecule has 1 N–H and O–H groups in total. The van der Waals surface area contributed by atoms with Gasteiger partial charge in [-0.2, -0.15) is 0 Å². The van der Waals surface area contributed by atoms with E-state index in [0.29, 0.717) is 37.0 Å². The Labute approximate surface area is 198 Å². The number of amides is 1. The van der Waals surface area contributed by atoms with Crippen molar-refractivity contribution >= 4 is 5.91 Å². The minimum Gasteiger partial charge on any atom is -0.491 e. The third-order valence-corrected chi connectivity index (χ3v) is 6.02. The van der Waals surface area contributed by atoms with Crippen LogP contribution in [0.5, 0.6) is 17.5 Å². The molecule has 176 valence electrons. The highest BCUT2D eigenvalue weighted by Gasteiger charge is 2.25. The molecular formula is C26H27N3O5. The molecule has 1 amide bonds. The van der Waals surface area contributed by atoms with E-state index < -0.39 is 0 Å². The van der Waals surface area contributed by atoms with Crippen LogP contribution in [0.3, 0.4) is 0 Å². The highest BCUT2D eigenvalue weighted by molar-refractivity contribution is 5.94. The van der Waals surface area contributed by atoms with Crippen LogP contribution in [-0.4, -0.2) is 55.0 Å². The Morgan fingerprint density at radius 1 is 1.06 bits per heavy atom. The topological polar surface area (TPSA) is 91.8 Å². The molecule has 2 aliphatic rings. The third kappa shape index (κ3) is 4.97. The van der Waals surface area contributed by atoms with E-state index in [9.17, 15) is 4.79 Å². The number of aromatic nitrogens is 2. The van der Waals surface area contributed by atoms with Crippen molar-refractivity contribution < 1.29 is 23.7 Å². The van der Waals surface area contributed by atoms with E-state index in [4.69, 9.17) is 18.9 Å². The van der Waals surface area contributed by atoms with E-state index >= 15 is 0 Å². The van der Waals surface area contributed by atoms with E-state index in [1.165, 1.54) is 0 Å². The summed E-state index contributed by atoms with van der Waals surface area (Å²) in [4.78, 5) is 21.5. The fraction of sp³-hybridized carbons (Fsp3) is 0.346. The number of benzene rings is 1. The Balaban J connectivity index is 1.25. The van der Waals surface area contributed by atoms with Gasteiger partial charge in [0.15, 0.2) is 0 Å². The molecule has 2 atom stereocenters. The Morgan fingerprint density at radius 2 is 1.94 bits per heavy atom. The van der Waals surface area contributed by atoms with Crippen molar-refractivity contribution in [3.05, 3.63) is 66.0 Å². The summed E-state index contributed by atoms with van der Waals surface area (Å²) in [5.41, 5.74) is 3.52. The summed E-state index contributed by atoms with van der Waals surface area (Å²) in [6.45, 7) is 1.75. The molecule has 0 bridgehead atoms. The summed E-state index contributed by atoms with van der Waals surface area (Å²) in [7, 11) is 1.59. The first-order valence-electron chi connectivity index (χ1n) is 11.5. The number of carbonyl (C=O) groups excluding carboxylic acids is 1. The SMILES string of the molecule is COc1ccc(-c2cccc3c2C[C@H](NC(=O)c2ccc(OC4CCCOC4)nc2)CO3)cn1. The molecule has 4 heterocycles. The van der Waals surface area contributed by atoms with E-state index in [1.807, 2.05) is 30.3 Å². The van der Waals surface area contributed by atoms with Crippen molar-refractivity contribution in [3.8, 4) is 28.6 Å². The Kier molecular flexibility index (Phi) is 6.58. The van der Waals surface area contributed by atoms with Crippen LogP contribution in [0.2, 0.25) is 0 Å². The summed E-state index contributed by atoms with van der Waals surface area (Å²) in [5.74, 6) is 1.70. The number of hydrogen-bond donors (Lipinski definition) is 1. The standard InChI is InChI=1S/C26H27N3O5/c1-31-24-9-7-17(13-27-24)21-5-2-6-23-22(21)12-19(15-33-23)29-26(30)18-8-10-25(28-14-18)34-20-4-3-11-32-16-20/h2,5-10,13-14,19-20H,3-4,11-12,15-16H2,1H3,(H,29,30)/t19-,20?/m0/s1. The minimum absolute atomic E-state index is 0.00970. The van der Waals surface area contributed by atoms with Gasteiger partial charge >= 0.3 is 0 Å². The van der Waals surface area contributed by atoms with Crippen LogP contribution in [0, 0.1) is 0 Å². The van der Waals surface area contributed by atoms with E-state index in [-0.39, 0.29) is 18.1 Å². The zero-order valence-electron chi connectivity index (χ0n) is 19.0. The predicted molar refractivity (Wildman–Crippen MR) is 125 cm³/mol. The molecule has 2 aliphatic heterocycles. The number of methoxy groups -OCH3 is 1. The van der Waals surface area contributed by atoms with Gasteiger partial charge in [0.25, 0.3) is 5.91 Å². The first-order valence-corrected chi connectivity index (χ1v) is 11.5. The van der Waals surface area contributed by atoms with Crippen molar-refractivity contribution in [2.24, 2.45) is 0 Å². The van der Waals surface area contributed by atoms with Gasteiger partial charge in [-0.25, -0.2) is 9.97 Å². The average molecular weight is 462 g/mol. The fourth-order valence-corrected chi connectivity index (χ4v) is 4.26. The molecule has 1 unspecified atom stereocenters. The zero-order valence-corrected chi connectivity index (χ0v) is 19.0. The predicted octanol–water partition coefficient (Wildman–Crippen LogP) is 3.44. The second-order valence-corrected chi connectivity index (χ2v) is 8.40. The largest absolute Gasteiger partial charge is 0.491 e. The number of rotatable bonds is 6. The molecule has 3 aromatic rings. The quantitative estimate of drug-likeness (QED) is 0.601. The molecule has 0 radical (unpaired) electrons. The van der Waals surface area contributed by atoms with Gasteiger partial charge in [0, 0.05) is 48.7 Å². The third-order valence-electron chi connectivity index (χ3n) is 6.02. The molecule has 5 rings (SSSR count). The molecule has 0 aliphatic carbocycles. The maximum absolute atomic E-state index is 12.9. The second-order valence-electron chi connectivity index (χ2n) is 8.40. The molecule has 34 heavy (non-hydrogen) atoms. The molecule has 2 aromatic heterocycles. The lowest BCUT2D eigenvalue weighted by Gasteiger charge is -2.28. The monoisotopic (exact) mass is 461 g/mol. The van der Waals surface area contributed by atoms with Gasteiger partial charge in [-0.15, -0.1) is 0 Å². The number of fused-ring (bicyclic) bond motifs is 1. The molecule has 1 fully saturated rings. The molecule has 0 spiro atoms. The van der Waals surface area contributed by atoms with Gasteiger partial charge in [0.1, 0.15) is 18.5 Å². The summed E-state index contributed by atoms with van der Waals surface area (Å²) in [5, 5.41) is 3.07. The molecule has 8 heteroatoms. The summed E-state index contributed by atoms with van der Waals surface area (Å²) >= 11 is 0. The van der Waals surface area contributed by atoms with Gasteiger partial charge in [-0.3, -0.25) is 4.79 Å². The van der Waals surface area contributed by atoms with Gasteiger partial charge in [-0.1, -0.05) is 12.1 Å². The minimum atomic E-state index is -0.194. The Bertz CT molecular complexity index is 1130. The van der Waals surface area contributed by atoms with Crippen LogP contribution in [0.25, 0.3) is 11.1 Å². The van der Waals surface area contributed by atoms with Crippen LogP contribution in [0.15, 0.2) is 54.9 Å². The van der Waals surface area contributed by atoms with Crippen LogP contribution in [0.1, 0.15) is 28.8 Å². The van der Waals surface area contributed by atoms with Gasteiger partial charge in [0.05, 0.1) is 25.3 Å². The molecule has 1 aromatic carbocycles. The smallest absolute Gasteiger partial charge is 0.253 e. The Morgan fingerprint density at radius 3 is 2.68 bits per heavy atom. The van der Waals surface area contributed by atoms with Crippen molar-refractivity contribution in [2.45, 2.75) is 31.4 Å². The van der Waals surface area contributed by atoms with Gasteiger partial charge < -0.3 is 24.3 Å². The van der Waals surface area contributed by atoms with Crippen LogP contribution in [-0.2, 0) is 11.2 Å². The van der Waals surface area contributed by atoms with E-state index in [0.717, 1.165) is 41.9 Å². The number of hydrogen-bond acceptors (Lipinski definition) is 7. The highest BCUT2D eigenvalue weighted by atomic mass is 16.5. The molecular weight excluding hydrogens is 434 g/mol. The normalized spacial score (nSPS) is 19.4. The molecule has 0 saturated carbocycles. The average Bonchev–Trinajstić information content (AvgIpc) is 2.89. The highest BCUT2D eigenvalue weighted by Crippen LogP contribution is 2.34. The maximum Gasteiger partial charge on any atom is 0.253 e. The molecule has 8 nitrogen and oxygen atoms in total. The van der Waals surface area contributed by atoms with Crippen LogP contribution in [0.4, 0.5) is 0 Å². The lowest BCUT2D eigenvalue weighted by molar-refractivity contribution is 0.00549. The lowest BCUT2D eigenvalue weighted by atomic mass is 9.93. The summed E-state index contributed by atoms with van der Waals surface area (Å²) < 4.78 is 22.4. The maximum atomic E-state index is 12.9. The van der Waals surface area contributed by atoms with Crippen molar-refractivity contribution in [1.29, 1.82) is 0 Å². The first kappa shape index (κ1) is 22.2. The second kappa shape index (κ2) is 10.1. The number of nitrogens with one attached hydrogen (secondary N) is 1. The number of carbonyl (C=O) groups is 1. The zero-order chi connectivity index (χ0) is 23.3. The lowest BCUT2D eigenvalue weighted by Crippen LogP contribution is -2.42. The Hall–Kier alpha value is -3.65. The fourth-order valence-electron chi connectivity index (χ4n) is 4.26. The summed E-state index contributed by atoms with van der Waals surface area (Å²) in [6.07, 6.45) is 5.91. The first-order chi connectivity index (χ1) is 16.7. The molecule has 1 saturated heterocycles. The van der Waals surface area contributed by atoms with Crippen molar-refractivity contribution in [1.82, 2.24) is 15.3 Å². The van der Waals surface area contributed by atoms with Gasteiger partial charge in [-0.05, 0) is 36.6 Å².